The van der Waals surface area contributed by atoms with Crippen molar-refractivity contribution in [2.75, 3.05) is 24.3 Å². The fourth-order valence-corrected chi connectivity index (χ4v) is 3.78. The molecule has 1 aliphatic rings. The van der Waals surface area contributed by atoms with Crippen LogP contribution in [0.2, 0.25) is 0 Å². The molecule has 2 aromatic rings. The summed E-state index contributed by atoms with van der Waals surface area (Å²) in [7, 11) is 3.08. The van der Waals surface area contributed by atoms with E-state index in [0.29, 0.717) is 19.4 Å². The maximum Gasteiger partial charge on any atom is 0.247 e. The first-order valence-electron chi connectivity index (χ1n) is 10.0. The molecule has 1 heterocycles. The zero-order valence-corrected chi connectivity index (χ0v) is 17.7. The molecule has 2 amide bonds. The van der Waals surface area contributed by atoms with Crippen molar-refractivity contribution < 1.29 is 18.4 Å². The third-order valence-corrected chi connectivity index (χ3v) is 5.19. The van der Waals surface area contributed by atoms with Gasteiger partial charge in [0, 0.05) is 39.2 Å². The van der Waals surface area contributed by atoms with Crippen molar-refractivity contribution in [1.29, 1.82) is 0 Å². The number of carbonyl (C=O) groups excluding carboxylic acids is 2. The van der Waals surface area contributed by atoms with Gasteiger partial charge in [-0.05, 0) is 29.2 Å². The smallest absolute Gasteiger partial charge is 0.247 e. The van der Waals surface area contributed by atoms with Crippen LogP contribution in [-0.4, -0.2) is 36.9 Å². The molecule has 0 saturated carbocycles. The van der Waals surface area contributed by atoms with Crippen LogP contribution in [0, 0.1) is 17.6 Å². The summed E-state index contributed by atoms with van der Waals surface area (Å²) in [6.45, 7) is 4.23. The first kappa shape index (κ1) is 21.7. The highest BCUT2D eigenvalue weighted by Crippen LogP contribution is 2.28. The second-order valence-electron chi connectivity index (χ2n) is 8.28. The number of rotatable bonds is 5. The number of nitrogens with zero attached hydrogens (tertiary/aromatic N) is 2. The number of benzene rings is 2. The van der Waals surface area contributed by atoms with E-state index in [4.69, 9.17) is 0 Å². The summed E-state index contributed by atoms with van der Waals surface area (Å²) in [4.78, 5) is 28.8. The Kier molecular flexibility index (Phi) is 6.39. The van der Waals surface area contributed by atoms with Crippen molar-refractivity contribution in [3.63, 3.8) is 0 Å². The van der Waals surface area contributed by atoms with Gasteiger partial charge in [-0.15, -0.1) is 0 Å². The van der Waals surface area contributed by atoms with Crippen molar-refractivity contribution >= 4 is 23.2 Å². The van der Waals surface area contributed by atoms with Crippen LogP contribution in [0.1, 0.15) is 31.4 Å². The molecule has 1 atom stereocenters. The lowest BCUT2D eigenvalue weighted by atomic mass is 9.92. The largest absolute Gasteiger partial charge is 0.373 e. The predicted octanol–water partition coefficient (Wildman–Crippen LogP) is 3.97. The van der Waals surface area contributed by atoms with Crippen LogP contribution in [0.3, 0.4) is 0 Å². The molecule has 0 aliphatic carbocycles. The van der Waals surface area contributed by atoms with Gasteiger partial charge in [0.05, 0.1) is 0 Å². The fraction of sp³-hybridized carbons (Fsp3) is 0.391. The summed E-state index contributed by atoms with van der Waals surface area (Å²) in [6.07, 6.45) is 0.680. The van der Waals surface area contributed by atoms with E-state index in [0.717, 1.165) is 23.3 Å². The minimum Gasteiger partial charge on any atom is -0.373 e. The Bertz CT molecular complexity index is 936. The van der Waals surface area contributed by atoms with Crippen molar-refractivity contribution in [2.45, 2.75) is 39.3 Å². The summed E-state index contributed by atoms with van der Waals surface area (Å²) in [5.74, 6) is -1.95. The predicted molar refractivity (Wildman–Crippen MR) is 113 cm³/mol. The first-order valence-corrected chi connectivity index (χ1v) is 10.0. The molecule has 0 saturated heterocycles. The Hall–Kier alpha value is -2.96. The molecule has 5 nitrogen and oxygen atoms in total. The van der Waals surface area contributed by atoms with Gasteiger partial charge in [-0.25, -0.2) is 8.78 Å². The minimum absolute atomic E-state index is 0.0238. The Balaban J connectivity index is 1.87. The molecule has 2 aromatic carbocycles. The molecule has 1 unspecified atom stereocenters. The number of hydrogen-bond acceptors (Lipinski definition) is 3. The van der Waals surface area contributed by atoms with E-state index in [1.165, 1.54) is 19.0 Å². The molecule has 7 heteroatoms. The van der Waals surface area contributed by atoms with E-state index in [2.05, 4.69) is 5.32 Å². The quantitative estimate of drug-likeness (QED) is 0.804. The number of halogens is 2. The molecule has 1 aliphatic heterocycles. The van der Waals surface area contributed by atoms with Gasteiger partial charge in [-0.1, -0.05) is 38.1 Å². The maximum absolute atomic E-state index is 14.3. The second kappa shape index (κ2) is 8.81. The summed E-state index contributed by atoms with van der Waals surface area (Å²) in [6, 6.07) is 9.12. The third-order valence-electron chi connectivity index (χ3n) is 5.19. The fourth-order valence-electron chi connectivity index (χ4n) is 3.78. The minimum atomic E-state index is -0.767. The highest BCUT2D eigenvalue weighted by molar-refractivity contribution is 5.98. The van der Waals surface area contributed by atoms with E-state index in [1.807, 2.05) is 38.1 Å². The van der Waals surface area contributed by atoms with Gasteiger partial charge in [-0.2, -0.15) is 0 Å². The molecule has 30 heavy (non-hydrogen) atoms. The van der Waals surface area contributed by atoms with Crippen LogP contribution < -0.4 is 10.2 Å². The zero-order valence-electron chi connectivity index (χ0n) is 17.7. The van der Waals surface area contributed by atoms with E-state index >= 15 is 0 Å². The molecular formula is C23H27F2N3O2. The summed E-state index contributed by atoms with van der Waals surface area (Å²) in [5, 5.41) is 2.60. The topological polar surface area (TPSA) is 52.7 Å². The van der Waals surface area contributed by atoms with Crippen LogP contribution >= 0.6 is 0 Å². The summed E-state index contributed by atoms with van der Waals surface area (Å²) >= 11 is 0. The van der Waals surface area contributed by atoms with Crippen LogP contribution in [0.4, 0.5) is 20.2 Å². The molecule has 0 aromatic heterocycles. The van der Waals surface area contributed by atoms with Gasteiger partial charge < -0.3 is 15.1 Å². The summed E-state index contributed by atoms with van der Waals surface area (Å²) in [5.41, 5.74) is 1.85. The highest BCUT2D eigenvalue weighted by Gasteiger charge is 2.34. The van der Waals surface area contributed by atoms with E-state index in [-0.39, 0.29) is 23.2 Å². The molecule has 0 spiro atoms. The standard InChI is InChI=1S/C23H27F2N3O2/c1-14(2)9-21(29)28-13-16-8-6-5-7-15(16)10-20(28)23(30)26-17-11-18(24)22(27(3)4)19(25)12-17/h5-8,11-12,14,20H,9-10,13H2,1-4H3,(H,26,30). The van der Waals surface area contributed by atoms with Crippen LogP contribution in [-0.2, 0) is 22.6 Å². The number of hydrogen-bond donors (Lipinski definition) is 1. The van der Waals surface area contributed by atoms with Crippen molar-refractivity contribution in [3.05, 3.63) is 59.2 Å². The highest BCUT2D eigenvalue weighted by atomic mass is 19.1. The Morgan fingerprint density at radius 2 is 1.73 bits per heavy atom. The van der Waals surface area contributed by atoms with Crippen LogP contribution in [0.5, 0.6) is 0 Å². The van der Waals surface area contributed by atoms with Crippen LogP contribution in [0.15, 0.2) is 36.4 Å². The van der Waals surface area contributed by atoms with Gasteiger partial charge in [0.1, 0.15) is 11.7 Å². The first-order chi connectivity index (χ1) is 14.2. The van der Waals surface area contributed by atoms with Crippen molar-refractivity contribution in [3.8, 4) is 0 Å². The number of amides is 2. The van der Waals surface area contributed by atoms with Gasteiger partial charge in [0.2, 0.25) is 11.8 Å². The normalized spacial score (nSPS) is 15.7. The van der Waals surface area contributed by atoms with Crippen molar-refractivity contribution in [2.24, 2.45) is 5.92 Å². The SMILES string of the molecule is CC(C)CC(=O)N1Cc2ccccc2CC1C(=O)Nc1cc(F)c(N(C)C)c(F)c1. The number of carbonyl (C=O) groups is 2. The van der Waals surface area contributed by atoms with E-state index in [1.54, 1.807) is 4.90 Å². The Morgan fingerprint density at radius 1 is 1.13 bits per heavy atom. The number of anilines is 2. The monoisotopic (exact) mass is 415 g/mol. The average molecular weight is 415 g/mol. The molecule has 160 valence electrons. The van der Waals surface area contributed by atoms with E-state index in [9.17, 15) is 18.4 Å². The molecule has 0 bridgehead atoms. The van der Waals surface area contributed by atoms with Gasteiger partial charge >= 0.3 is 0 Å². The van der Waals surface area contributed by atoms with Gasteiger partial charge in [0.15, 0.2) is 11.6 Å². The second-order valence-corrected chi connectivity index (χ2v) is 8.28. The third kappa shape index (κ3) is 4.61. The van der Waals surface area contributed by atoms with E-state index < -0.39 is 23.6 Å². The lowest BCUT2D eigenvalue weighted by Crippen LogP contribution is -2.50. The van der Waals surface area contributed by atoms with Crippen LogP contribution in [0.25, 0.3) is 0 Å². The Labute approximate surface area is 175 Å². The summed E-state index contributed by atoms with van der Waals surface area (Å²) < 4.78 is 28.6. The average Bonchev–Trinajstić information content (AvgIpc) is 2.65. The number of nitrogens with one attached hydrogen (secondary N) is 1. The molecular weight excluding hydrogens is 388 g/mol. The molecule has 1 N–H and O–H groups in total. The van der Waals surface area contributed by atoms with Crippen molar-refractivity contribution in [1.82, 2.24) is 4.90 Å². The molecule has 0 fully saturated rings. The van der Waals surface area contributed by atoms with Gasteiger partial charge in [-0.3, -0.25) is 9.59 Å². The van der Waals surface area contributed by atoms with Gasteiger partial charge in [0.25, 0.3) is 0 Å². The molecule has 3 rings (SSSR count). The lowest BCUT2D eigenvalue weighted by Gasteiger charge is -2.36. The lowest BCUT2D eigenvalue weighted by molar-refractivity contribution is -0.140. The Morgan fingerprint density at radius 3 is 2.30 bits per heavy atom. The zero-order chi connectivity index (χ0) is 22.0. The number of fused-ring (bicyclic) bond motifs is 1. The maximum atomic E-state index is 14.3. The molecule has 0 radical (unpaired) electrons.